The van der Waals surface area contributed by atoms with Gasteiger partial charge in [0.05, 0.1) is 0 Å². The molecule has 0 saturated heterocycles. The maximum absolute atomic E-state index is 11.8. The second kappa shape index (κ2) is 3.22. The summed E-state index contributed by atoms with van der Waals surface area (Å²) >= 11 is 0. The lowest BCUT2D eigenvalue weighted by atomic mass is 9.59. The number of allylic oxidation sites excluding steroid dienone is 2. The molecule has 3 atom stereocenters. The Morgan fingerprint density at radius 1 is 1.43 bits per heavy atom. The standard InChI is InChI=1S/C13H20O/c1-9-7-11-6-4-5-10(2)13(11,3)8-12(9)14/h6,9-10H,4-5,7-8H2,1-3H3/t9-,10+,13-/m1/s1. The van der Waals surface area contributed by atoms with Crippen molar-refractivity contribution in [2.75, 3.05) is 0 Å². The quantitative estimate of drug-likeness (QED) is 0.538. The summed E-state index contributed by atoms with van der Waals surface area (Å²) in [6.45, 7) is 6.66. The second-order valence-corrected chi connectivity index (χ2v) is 5.37. The fraction of sp³-hybridized carbons (Fsp3) is 0.769. The van der Waals surface area contributed by atoms with E-state index in [4.69, 9.17) is 0 Å². The molecule has 0 N–H and O–H groups in total. The first-order valence-electron chi connectivity index (χ1n) is 5.76. The number of hydrogen-bond donors (Lipinski definition) is 0. The minimum absolute atomic E-state index is 0.196. The first-order valence-corrected chi connectivity index (χ1v) is 5.76. The zero-order valence-electron chi connectivity index (χ0n) is 9.47. The Kier molecular flexibility index (Phi) is 2.29. The van der Waals surface area contributed by atoms with Crippen LogP contribution in [0.1, 0.15) is 46.5 Å². The van der Waals surface area contributed by atoms with Crippen molar-refractivity contribution in [2.45, 2.75) is 46.5 Å². The van der Waals surface area contributed by atoms with Crippen LogP contribution in [-0.2, 0) is 4.79 Å². The Hall–Kier alpha value is -0.590. The molecule has 1 fully saturated rings. The number of ketones is 1. The first-order chi connectivity index (χ1) is 6.54. The Bertz CT molecular complexity index is 290. The Balaban J connectivity index is 2.32. The summed E-state index contributed by atoms with van der Waals surface area (Å²) in [4.78, 5) is 11.8. The highest BCUT2D eigenvalue weighted by Crippen LogP contribution is 2.50. The molecular weight excluding hydrogens is 172 g/mol. The molecule has 0 aromatic carbocycles. The molecule has 2 rings (SSSR count). The van der Waals surface area contributed by atoms with Gasteiger partial charge in [0, 0.05) is 12.3 Å². The van der Waals surface area contributed by atoms with Gasteiger partial charge >= 0.3 is 0 Å². The summed E-state index contributed by atoms with van der Waals surface area (Å²) in [7, 11) is 0. The number of carbonyl (C=O) groups excluding carboxylic acids is 1. The van der Waals surface area contributed by atoms with Crippen LogP contribution in [0.2, 0.25) is 0 Å². The van der Waals surface area contributed by atoms with Crippen LogP contribution in [0.4, 0.5) is 0 Å². The summed E-state index contributed by atoms with van der Waals surface area (Å²) in [5, 5.41) is 0. The minimum Gasteiger partial charge on any atom is -0.299 e. The van der Waals surface area contributed by atoms with Crippen LogP contribution in [0.5, 0.6) is 0 Å². The lowest BCUT2D eigenvalue weighted by Crippen LogP contribution is -2.39. The summed E-state index contributed by atoms with van der Waals surface area (Å²) in [5.74, 6) is 1.41. The Labute approximate surface area is 86.6 Å². The van der Waals surface area contributed by atoms with Crippen molar-refractivity contribution in [3.8, 4) is 0 Å². The van der Waals surface area contributed by atoms with Crippen molar-refractivity contribution >= 4 is 5.78 Å². The largest absolute Gasteiger partial charge is 0.299 e. The van der Waals surface area contributed by atoms with Gasteiger partial charge in [0.2, 0.25) is 0 Å². The van der Waals surface area contributed by atoms with E-state index < -0.39 is 0 Å². The summed E-state index contributed by atoms with van der Waals surface area (Å²) in [6.07, 6.45) is 6.65. The summed E-state index contributed by atoms with van der Waals surface area (Å²) < 4.78 is 0. The van der Waals surface area contributed by atoms with Crippen LogP contribution in [0.25, 0.3) is 0 Å². The van der Waals surface area contributed by atoms with Crippen LogP contribution >= 0.6 is 0 Å². The third-order valence-corrected chi connectivity index (χ3v) is 4.43. The smallest absolute Gasteiger partial charge is 0.136 e. The highest BCUT2D eigenvalue weighted by Gasteiger charge is 2.43. The van der Waals surface area contributed by atoms with E-state index in [0.717, 1.165) is 12.8 Å². The maximum Gasteiger partial charge on any atom is 0.136 e. The predicted molar refractivity (Wildman–Crippen MR) is 58.0 cm³/mol. The van der Waals surface area contributed by atoms with Crippen LogP contribution in [0.3, 0.4) is 0 Å². The van der Waals surface area contributed by atoms with Crippen LogP contribution in [0, 0.1) is 17.3 Å². The van der Waals surface area contributed by atoms with Gasteiger partial charge in [0.25, 0.3) is 0 Å². The van der Waals surface area contributed by atoms with Gasteiger partial charge in [-0.05, 0) is 30.6 Å². The van der Waals surface area contributed by atoms with Gasteiger partial charge in [-0.2, -0.15) is 0 Å². The summed E-state index contributed by atoms with van der Waals surface area (Å²) in [6, 6.07) is 0. The molecular formula is C13H20O. The van der Waals surface area contributed by atoms with E-state index in [9.17, 15) is 4.79 Å². The van der Waals surface area contributed by atoms with E-state index in [-0.39, 0.29) is 11.3 Å². The van der Waals surface area contributed by atoms with E-state index >= 15 is 0 Å². The SMILES string of the molecule is C[C@@H]1CC2=CCC[C@H](C)[C@@]2(C)CC1=O. The van der Waals surface area contributed by atoms with E-state index in [2.05, 4.69) is 26.8 Å². The molecule has 1 heteroatoms. The first kappa shape index (κ1) is 9.95. The van der Waals surface area contributed by atoms with Gasteiger partial charge < -0.3 is 0 Å². The number of rotatable bonds is 0. The molecule has 78 valence electrons. The highest BCUT2D eigenvalue weighted by molar-refractivity contribution is 5.83. The third-order valence-electron chi connectivity index (χ3n) is 4.43. The van der Waals surface area contributed by atoms with Crippen molar-refractivity contribution in [1.29, 1.82) is 0 Å². The molecule has 0 amide bonds. The maximum atomic E-state index is 11.8. The van der Waals surface area contributed by atoms with Gasteiger partial charge in [0.1, 0.15) is 5.78 Å². The van der Waals surface area contributed by atoms with Crippen molar-refractivity contribution < 1.29 is 4.79 Å². The van der Waals surface area contributed by atoms with E-state index in [0.29, 0.717) is 11.7 Å². The molecule has 0 unspecified atom stereocenters. The molecule has 0 radical (unpaired) electrons. The Morgan fingerprint density at radius 2 is 2.14 bits per heavy atom. The van der Waals surface area contributed by atoms with Crippen LogP contribution < -0.4 is 0 Å². The van der Waals surface area contributed by atoms with Crippen molar-refractivity contribution in [1.82, 2.24) is 0 Å². The monoisotopic (exact) mass is 192 g/mol. The predicted octanol–water partition coefficient (Wildman–Crippen LogP) is 3.35. The molecule has 14 heavy (non-hydrogen) atoms. The van der Waals surface area contributed by atoms with E-state index in [1.54, 1.807) is 5.57 Å². The van der Waals surface area contributed by atoms with Crippen LogP contribution in [-0.4, -0.2) is 5.78 Å². The normalized spacial score (nSPS) is 43.1. The number of hydrogen-bond acceptors (Lipinski definition) is 1. The minimum atomic E-state index is 0.196. The fourth-order valence-corrected chi connectivity index (χ4v) is 2.96. The fourth-order valence-electron chi connectivity index (χ4n) is 2.96. The molecule has 1 saturated carbocycles. The molecule has 2 aliphatic rings. The van der Waals surface area contributed by atoms with Crippen molar-refractivity contribution in [3.05, 3.63) is 11.6 Å². The van der Waals surface area contributed by atoms with Gasteiger partial charge in [0.15, 0.2) is 0 Å². The van der Waals surface area contributed by atoms with Crippen molar-refractivity contribution in [2.24, 2.45) is 17.3 Å². The van der Waals surface area contributed by atoms with E-state index in [1.807, 2.05) is 0 Å². The number of carbonyl (C=O) groups is 1. The summed E-state index contributed by atoms with van der Waals surface area (Å²) in [5.41, 5.74) is 1.75. The molecule has 0 spiro atoms. The van der Waals surface area contributed by atoms with Crippen LogP contribution in [0.15, 0.2) is 11.6 Å². The Morgan fingerprint density at radius 3 is 2.86 bits per heavy atom. The average Bonchev–Trinajstić information content (AvgIpc) is 2.11. The molecule has 0 bridgehead atoms. The molecule has 0 aromatic heterocycles. The molecule has 0 heterocycles. The number of fused-ring (bicyclic) bond motifs is 1. The lowest BCUT2D eigenvalue weighted by molar-refractivity contribution is -0.126. The zero-order chi connectivity index (χ0) is 10.3. The van der Waals surface area contributed by atoms with Gasteiger partial charge in [-0.3, -0.25) is 4.79 Å². The topological polar surface area (TPSA) is 17.1 Å². The highest BCUT2D eigenvalue weighted by atomic mass is 16.1. The average molecular weight is 192 g/mol. The second-order valence-electron chi connectivity index (χ2n) is 5.37. The molecule has 2 aliphatic carbocycles. The van der Waals surface area contributed by atoms with E-state index in [1.165, 1.54) is 12.8 Å². The lowest BCUT2D eigenvalue weighted by Gasteiger charge is -2.45. The number of Topliss-reactive ketones (excluding diaryl/α,β-unsaturated/α-hetero) is 1. The van der Waals surface area contributed by atoms with Gasteiger partial charge in [-0.1, -0.05) is 32.4 Å². The molecule has 0 aliphatic heterocycles. The molecule has 0 aromatic rings. The third kappa shape index (κ3) is 1.34. The van der Waals surface area contributed by atoms with Crippen molar-refractivity contribution in [3.63, 3.8) is 0 Å². The van der Waals surface area contributed by atoms with Gasteiger partial charge in [-0.15, -0.1) is 0 Å². The zero-order valence-corrected chi connectivity index (χ0v) is 9.47. The van der Waals surface area contributed by atoms with Gasteiger partial charge in [-0.25, -0.2) is 0 Å². The molecule has 1 nitrogen and oxygen atoms in total.